The van der Waals surface area contributed by atoms with Crippen molar-refractivity contribution >= 4 is 17.4 Å². The Hall–Kier alpha value is -3.25. The van der Waals surface area contributed by atoms with Crippen LogP contribution in [-0.2, 0) is 6.54 Å². The minimum atomic E-state index is -0.317. The van der Waals surface area contributed by atoms with Gasteiger partial charge in [0.1, 0.15) is 5.82 Å². The third-order valence-electron chi connectivity index (χ3n) is 3.60. The Bertz CT molecular complexity index is 864. The number of nitrogens with one attached hydrogen (secondary N) is 1. The smallest absolute Gasteiger partial charge is 0.259 e. The Morgan fingerprint density at radius 2 is 1.88 bits per heavy atom. The molecule has 0 aliphatic carbocycles. The first-order valence-electron chi connectivity index (χ1n) is 7.43. The largest absolute Gasteiger partial charge is 0.383 e. The maximum absolute atomic E-state index is 12.5. The molecule has 0 radical (unpaired) electrons. The van der Waals surface area contributed by atoms with E-state index in [1.807, 2.05) is 24.3 Å². The summed E-state index contributed by atoms with van der Waals surface area (Å²) in [6, 6.07) is 12.9. The van der Waals surface area contributed by atoms with Crippen LogP contribution in [0.4, 0.5) is 11.5 Å². The van der Waals surface area contributed by atoms with Gasteiger partial charge in [0.05, 0.1) is 5.56 Å². The molecule has 1 aromatic carbocycles. The Morgan fingerprint density at radius 3 is 2.62 bits per heavy atom. The van der Waals surface area contributed by atoms with Gasteiger partial charge in [0.15, 0.2) is 0 Å². The molecule has 6 heteroatoms. The number of pyridine rings is 2. The van der Waals surface area contributed by atoms with E-state index in [1.54, 1.807) is 36.8 Å². The van der Waals surface area contributed by atoms with Crippen LogP contribution in [0.15, 0.2) is 61.1 Å². The quantitative estimate of drug-likeness (QED) is 0.684. The minimum absolute atomic E-state index is 0.181. The number of rotatable bonds is 4. The molecule has 0 aliphatic rings. The Kier molecular flexibility index (Phi) is 4.49. The van der Waals surface area contributed by atoms with Gasteiger partial charge in [0.2, 0.25) is 0 Å². The van der Waals surface area contributed by atoms with Gasteiger partial charge < -0.3 is 16.8 Å². The molecular weight excluding hydrogens is 302 g/mol. The van der Waals surface area contributed by atoms with Crippen LogP contribution in [0.25, 0.3) is 11.1 Å². The van der Waals surface area contributed by atoms with E-state index in [9.17, 15) is 4.79 Å². The normalized spacial score (nSPS) is 10.4. The van der Waals surface area contributed by atoms with Crippen LogP contribution in [0.2, 0.25) is 0 Å². The molecular formula is C18H17N5O. The predicted molar refractivity (Wildman–Crippen MR) is 94.2 cm³/mol. The number of nitrogen functional groups attached to an aromatic ring is 1. The van der Waals surface area contributed by atoms with E-state index in [4.69, 9.17) is 11.5 Å². The number of carbonyl (C=O) groups is 1. The van der Waals surface area contributed by atoms with Gasteiger partial charge in [-0.05, 0) is 35.4 Å². The number of nitrogens with two attached hydrogens (primary N) is 2. The first kappa shape index (κ1) is 15.6. The lowest BCUT2D eigenvalue weighted by Crippen LogP contribution is -2.15. The van der Waals surface area contributed by atoms with Crippen LogP contribution in [0.5, 0.6) is 0 Å². The van der Waals surface area contributed by atoms with E-state index in [1.165, 1.54) is 0 Å². The summed E-state index contributed by atoms with van der Waals surface area (Å²) in [5.74, 6) is -0.136. The Balaban J connectivity index is 1.92. The summed E-state index contributed by atoms with van der Waals surface area (Å²) >= 11 is 0. The van der Waals surface area contributed by atoms with Crippen LogP contribution in [0.3, 0.4) is 0 Å². The average molecular weight is 319 g/mol. The second kappa shape index (κ2) is 6.89. The standard InChI is InChI=1S/C18H17N5O/c19-10-12-2-1-3-13(8-12)14-9-16(17(20)22-11-14)18(24)23-15-4-6-21-7-5-15/h1-9,11H,10,19H2,(H2,20,22)(H,21,23,24). The molecule has 2 aromatic heterocycles. The van der Waals surface area contributed by atoms with Crippen molar-refractivity contribution in [3.8, 4) is 11.1 Å². The van der Waals surface area contributed by atoms with Crippen molar-refractivity contribution in [2.24, 2.45) is 5.73 Å². The highest BCUT2D eigenvalue weighted by atomic mass is 16.1. The number of amides is 1. The highest BCUT2D eigenvalue weighted by Gasteiger charge is 2.13. The van der Waals surface area contributed by atoms with Crippen molar-refractivity contribution in [1.29, 1.82) is 0 Å². The maximum Gasteiger partial charge on any atom is 0.259 e. The summed E-state index contributed by atoms with van der Waals surface area (Å²) in [4.78, 5) is 20.5. The fraction of sp³-hybridized carbons (Fsp3) is 0.0556. The van der Waals surface area contributed by atoms with E-state index in [-0.39, 0.29) is 11.7 Å². The predicted octanol–water partition coefficient (Wildman–Crippen LogP) is 2.44. The monoisotopic (exact) mass is 319 g/mol. The molecule has 0 saturated carbocycles. The zero-order chi connectivity index (χ0) is 16.9. The average Bonchev–Trinajstić information content (AvgIpc) is 2.63. The molecule has 2 heterocycles. The Morgan fingerprint density at radius 1 is 1.08 bits per heavy atom. The van der Waals surface area contributed by atoms with E-state index in [0.717, 1.165) is 16.7 Å². The summed E-state index contributed by atoms with van der Waals surface area (Å²) < 4.78 is 0. The van der Waals surface area contributed by atoms with E-state index in [0.29, 0.717) is 17.8 Å². The topological polar surface area (TPSA) is 107 Å². The molecule has 1 amide bonds. The SMILES string of the molecule is NCc1cccc(-c2cnc(N)c(C(=O)Nc3ccncc3)c2)c1. The van der Waals surface area contributed by atoms with E-state index in [2.05, 4.69) is 15.3 Å². The lowest BCUT2D eigenvalue weighted by Gasteiger charge is -2.10. The molecule has 0 saturated heterocycles. The van der Waals surface area contributed by atoms with Gasteiger partial charge in [-0.2, -0.15) is 0 Å². The van der Waals surface area contributed by atoms with Gasteiger partial charge in [0.25, 0.3) is 5.91 Å². The summed E-state index contributed by atoms with van der Waals surface area (Å²) in [5.41, 5.74) is 15.3. The second-order valence-corrected chi connectivity index (χ2v) is 5.25. The molecule has 5 N–H and O–H groups in total. The molecule has 0 spiro atoms. The molecule has 0 aliphatic heterocycles. The third kappa shape index (κ3) is 3.39. The summed E-state index contributed by atoms with van der Waals surface area (Å²) in [5, 5.41) is 2.78. The number of hydrogen-bond acceptors (Lipinski definition) is 5. The highest BCUT2D eigenvalue weighted by molar-refractivity contribution is 6.07. The number of nitrogens with zero attached hydrogens (tertiary/aromatic N) is 2. The third-order valence-corrected chi connectivity index (χ3v) is 3.60. The van der Waals surface area contributed by atoms with Crippen molar-refractivity contribution < 1.29 is 4.79 Å². The lowest BCUT2D eigenvalue weighted by molar-refractivity contribution is 0.102. The van der Waals surface area contributed by atoms with Crippen molar-refractivity contribution in [1.82, 2.24) is 9.97 Å². The van der Waals surface area contributed by atoms with Crippen LogP contribution >= 0.6 is 0 Å². The summed E-state index contributed by atoms with van der Waals surface area (Å²) in [7, 11) is 0. The maximum atomic E-state index is 12.5. The van der Waals surface area contributed by atoms with Gasteiger partial charge in [-0.3, -0.25) is 9.78 Å². The van der Waals surface area contributed by atoms with Gasteiger partial charge >= 0.3 is 0 Å². The Labute approximate surface area is 139 Å². The van der Waals surface area contributed by atoms with Crippen molar-refractivity contribution in [3.63, 3.8) is 0 Å². The first-order valence-corrected chi connectivity index (χ1v) is 7.43. The molecule has 0 fully saturated rings. The lowest BCUT2D eigenvalue weighted by atomic mass is 10.0. The number of hydrogen-bond donors (Lipinski definition) is 3. The fourth-order valence-electron chi connectivity index (χ4n) is 2.33. The molecule has 3 rings (SSSR count). The summed E-state index contributed by atoms with van der Waals surface area (Å²) in [6.07, 6.45) is 4.85. The van der Waals surface area contributed by atoms with Crippen molar-refractivity contribution in [2.75, 3.05) is 11.1 Å². The minimum Gasteiger partial charge on any atom is -0.383 e. The zero-order valence-electron chi connectivity index (χ0n) is 12.9. The van der Waals surface area contributed by atoms with Crippen LogP contribution < -0.4 is 16.8 Å². The molecule has 0 bridgehead atoms. The van der Waals surface area contributed by atoms with E-state index < -0.39 is 0 Å². The molecule has 6 nitrogen and oxygen atoms in total. The number of carbonyl (C=O) groups excluding carboxylic acids is 1. The van der Waals surface area contributed by atoms with Gasteiger partial charge in [-0.25, -0.2) is 4.98 Å². The fourth-order valence-corrected chi connectivity index (χ4v) is 2.33. The zero-order valence-corrected chi connectivity index (χ0v) is 12.9. The van der Waals surface area contributed by atoms with Crippen molar-refractivity contribution in [2.45, 2.75) is 6.54 Å². The van der Waals surface area contributed by atoms with Gasteiger partial charge in [0, 0.05) is 36.4 Å². The van der Waals surface area contributed by atoms with Crippen LogP contribution in [0, 0.1) is 0 Å². The van der Waals surface area contributed by atoms with E-state index >= 15 is 0 Å². The number of benzene rings is 1. The molecule has 3 aromatic rings. The first-order chi connectivity index (χ1) is 11.7. The van der Waals surface area contributed by atoms with Crippen LogP contribution in [-0.4, -0.2) is 15.9 Å². The number of anilines is 2. The van der Waals surface area contributed by atoms with Crippen LogP contribution in [0.1, 0.15) is 15.9 Å². The molecule has 120 valence electrons. The second-order valence-electron chi connectivity index (χ2n) is 5.25. The molecule has 0 unspecified atom stereocenters. The summed E-state index contributed by atoms with van der Waals surface area (Å²) in [6.45, 7) is 0.450. The highest BCUT2D eigenvalue weighted by Crippen LogP contribution is 2.23. The van der Waals surface area contributed by atoms with Gasteiger partial charge in [-0.15, -0.1) is 0 Å². The molecule has 24 heavy (non-hydrogen) atoms. The van der Waals surface area contributed by atoms with Gasteiger partial charge in [-0.1, -0.05) is 18.2 Å². The van der Waals surface area contributed by atoms with Crippen molar-refractivity contribution in [3.05, 3.63) is 72.2 Å². The number of aromatic nitrogens is 2. The molecule has 0 atom stereocenters.